The molecule has 2 aromatic heterocycles. The predicted octanol–water partition coefficient (Wildman–Crippen LogP) is 4.56. The van der Waals surface area contributed by atoms with Gasteiger partial charge in [-0.1, -0.05) is 77.1 Å². The van der Waals surface area contributed by atoms with Crippen molar-refractivity contribution in [3.63, 3.8) is 0 Å². The van der Waals surface area contributed by atoms with Gasteiger partial charge in [0.05, 0.1) is 4.53 Å². The van der Waals surface area contributed by atoms with Gasteiger partial charge in [0, 0.05) is 5.56 Å². The van der Waals surface area contributed by atoms with Crippen LogP contribution >= 0.6 is 11.3 Å². The summed E-state index contributed by atoms with van der Waals surface area (Å²) in [5.41, 5.74) is 5.16. The van der Waals surface area contributed by atoms with Crippen LogP contribution in [-0.4, -0.2) is 14.6 Å². The van der Waals surface area contributed by atoms with E-state index in [2.05, 4.69) is 41.3 Å². The van der Waals surface area contributed by atoms with Crippen molar-refractivity contribution in [2.75, 3.05) is 0 Å². The molecule has 0 fully saturated rings. The molecular formula is C26H21N3O2S. The number of aryl methyl sites for hydroxylation is 2. The highest BCUT2D eigenvalue weighted by molar-refractivity contribution is 7.15. The van der Waals surface area contributed by atoms with Gasteiger partial charge in [-0.2, -0.15) is 9.50 Å². The molecule has 0 aliphatic rings. The summed E-state index contributed by atoms with van der Waals surface area (Å²) in [6.07, 6.45) is 1.86. The smallest absolute Gasteiger partial charge is 0.291 e. The molecule has 0 radical (unpaired) electrons. The van der Waals surface area contributed by atoms with Gasteiger partial charge in [-0.05, 0) is 49.2 Å². The van der Waals surface area contributed by atoms with E-state index >= 15 is 0 Å². The Hall–Kier alpha value is -3.77. The molecule has 0 bridgehead atoms. The molecule has 5 aromatic rings. The van der Waals surface area contributed by atoms with E-state index in [1.165, 1.54) is 21.4 Å². The minimum atomic E-state index is -0.156. The minimum Gasteiger partial charge on any atom is -0.489 e. The van der Waals surface area contributed by atoms with Gasteiger partial charge in [0.15, 0.2) is 5.82 Å². The zero-order valence-electron chi connectivity index (χ0n) is 17.8. The molecule has 0 aliphatic carbocycles. The van der Waals surface area contributed by atoms with Crippen LogP contribution in [0.3, 0.4) is 0 Å². The Bertz CT molecular complexity index is 1500. The third-order valence-electron chi connectivity index (χ3n) is 5.16. The van der Waals surface area contributed by atoms with Gasteiger partial charge in [0.1, 0.15) is 12.4 Å². The zero-order chi connectivity index (χ0) is 22.1. The summed E-state index contributed by atoms with van der Waals surface area (Å²) in [5.74, 6) is 1.36. The Morgan fingerprint density at radius 1 is 0.969 bits per heavy atom. The second-order valence-electron chi connectivity index (χ2n) is 7.76. The fraction of sp³-hybridized carbons (Fsp3) is 0.115. The third-order valence-corrected chi connectivity index (χ3v) is 6.12. The molecular weight excluding hydrogens is 418 g/mol. The van der Waals surface area contributed by atoms with Crippen molar-refractivity contribution in [2.45, 2.75) is 20.5 Å². The topological polar surface area (TPSA) is 56.5 Å². The number of hydrogen-bond acceptors (Lipinski definition) is 5. The van der Waals surface area contributed by atoms with Crippen LogP contribution in [0.1, 0.15) is 22.3 Å². The van der Waals surface area contributed by atoms with E-state index in [9.17, 15) is 4.79 Å². The Balaban J connectivity index is 1.35. The fourth-order valence-electron chi connectivity index (χ4n) is 3.40. The summed E-state index contributed by atoms with van der Waals surface area (Å²) in [4.78, 5) is 18.0. The largest absolute Gasteiger partial charge is 0.489 e. The van der Waals surface area contributed by atoms with Crippen molar-refractivity contribution in [1.29, 1.82) is 0 Å². The molecule has 0 amide bonds. The second-order valence-corrected chi connectivity index (χ2v) is 8.77. The van der Waals surface area contributed by atoms with Gasteiger partial charge in [0.2, 0.25) is 4.96 Å². The Morgan fingerprint density at radius 3 is 2.47 bits per heavy atom. The van der Waals surface area contributed by atoms with Crippen LogP contribution in [-0.2, 0) is 6.61 Å². The summed E-state index contributed by atoms with van der Waals surface area (Å²) in [6.45, 7) is 4.61. The highest BCUT2D eigenvalue weighted by Crippen LogP contribution is 2.18. The van der Waals surface area contributed by atoms with Gasteiger partial charge in [0.25, 0.3) is 5.56 Å². The summed E-state index contributed by atoms with van der Waals surface area (Å²) < 4.78 is 7.85. The molecule has 0 saturated carbocycles. The van der Waals surface area contributed by atoms with Crippen molar-refractivity contribution in [2.24, 2.45) is 0 Å². The number of rotatable bonds is 5. The molecule has 5 nitrogen and oxygen atoms in total. The van der Waals surface area contributed by atoms with E-state index in [0.717, 1.165) is 28.0 Å². The Labute approximate surface area is 189 Å². The highest BCUT2D eigenvalue weighted by atomic mass is 32.1. The quantitative estimate of drug-likeness (QED) is 0.403. The lowest BCUT2D eigenvalue weighted by molar-refractivity contribution is 0.306. The van der Waals surface area contributed by atoms with Gasteiger partial charge in [-0.25, -0.2) is 0 Å². The van der Waals surface area contributed by atoms with Gasteiger partial charge in [-0.15, -0.1) is 5.10 Å². The Morgan fingerprint density at radius 2 is 1.75 bits per heavy atom. The summed E-state index contributed by atoms with van der Waals surface area (Å²) in [6, 6.07) is 24.0. The van der Waals surface area contributed by atoms with E-state index in [1.807, 2.05) is 61.5 Å². The highest BCUT2D eigenvalue weighted by Gasteiger charge is 2.12. The van der Waals surface area contributed by atoms with Crippen molar-refractivity contribution in [3.05, 3.63) is 110 Å². The maximum Gasteiger partial charge on any atom is 0.291 e. The van der Waals surface area contributed by atoms with Crippen LogP contribution in [0.2, 0.25) is 0 Å². The third kappa shape index (κ3) is 4.18. The van der Waals surface area contributed by atoms with Crippen LogP contribution in [0.4, 0.5) is 0 Å². The first-order valence-corrected chi connectivity index (χ1v) is 11.1. The van der Waals surface area contributed by atoms with E-state index in [-0.39, 0.29) is 5.56 Å². The number of fused-ring (bicyclic) bond motifs is 1. The maximum atomic E-state index is 12.8. The maximum absolute atomic E-state index is 12.8. The molecule has 2 heterocycles. The average Bonchev–Trinajstić information content (AvgIpc) is 3.34. The molecule has 0 spiro atoms. The van der Waals surface area contributed by atoms with Crippen molar-refractivity contribution < 1.29 is 4.74 Å². The average molecular weight is 440 g/mol. The first-order valence-electron chi connectivity index (χ1n) is 10.3. The molecule has 0 atom stereocenters. The molecule has 5 rings (SSSR count). The lowest BCUT2D eigenvalue weighted by Gasteiger charge is -2.06. The monoisotopic (exact) mass is 439 g/mol. The normalized spacial score (nSPS) is 11.9. The number of benzene rings is 3. The lowest BCUT2D eigenvalue weighted by Crippen LogP contribution is -2.23. The van der Waals surface area contributed by atoms with Gasteiger partial charge >= 0.3 is 0 Å². The second kappa shape index (κ2) is 8.40. The van der Waals surface area contributed by atoms with E-state index in [1.54, 1.807) is 0 Å². The molecule has 32 heavy (non-hydrogen) atoms. The summed E-state index contributed by atoms with van der Waals surface area (Å²) >= 11 is 1.34. The van der Waals surface area contributed by atoms with E-state index < -0.39 is 0 Å². The van der Waals surface area contributed by atoms with Crippen LogP contribution < -0.4 is 14.8 Å². The molecule has 6 heteroatoms. The van der Waals surface area contributed by atoms with Crippen molar-refractivity contribution in [3.8, 4) is 17.1 Å². The first-order chi connectivity index (χ1) is 15.5. The van der Waals surface area contributed by atoms with Crippen molar-refractivity contribution in [1.82, 2.24) is 14.6 Å². The SMILES string of the molecule is Cc1ccc(COc2ccc(/C=c3\sc4nc(-c5cccc(C)c5)nn4c3=O)cc2)cc1. The lowest BCUT2D eigenvalue weighted by atomic mass is 10.1. The molecule has 0 aliphatic heterocycles. The van der Waals surface area contributed by atoms with Gasteiger partial charge in [-0.3, -0.25) is 4.79 Å². The zero-order valence-corrected chi connectivity index (χ0v) is 18.6. The van der Waals surface area contributed by atoms with Crippen LogP contribution in [0.25, 0.3) is 22.4 Å². The molecule has 3 aromatic carbocycles. The molecule has 0 saturated heterocycles. The van der Waals surface area contributed by atoms with Crippen LogP contribution in [0.5, 0.6) is 5.75 Å². The molecule has 0 N–H and O–H groups in total. The van der Waals surface area contributed by atoms with Gasteiger partial charge < -0.3 is 4.74 Å². The number of ether oxygens (including phenoxy) is 1. The van der Waals surface area contributed by atoms with Crippen LogP contribution in [0, 0.1) is 13.8 Å². The fourth-order valence-corrected chi connectivity index (χ4v) is 4.31. The van der Waals surface area contributed by atoms with Crippen molar-refractivity contribution >= 4 is 22.4 Å². The first kappa shape index (κ1) is 20.2. The summed E-state index contributed by atoms with van der Waals surface area (Å²) in [5, 5.41) is 4.42. The minimum absolute atomic E-state index is 0.156. The standard InChI is InChI=1S/C26H21N3O2S/c1-17-6-8-20(9-7-17)16-31-22-12-10-19(11-13-22)15-23-25(30)29-26(32-23)27-24(28-29)21-5-3-4-18(2)14-21/h3-15H,16H2,1-2H3/b23-15-. The summed E-state index contributed by atoms with van der Waals surface area (Å²) in [7, 11) is 0. The number of aromatic nitrogens is 3. The predicted molar refractivity (Wildman–Crippen MR) is 128 cm³/mol. The van der Waals surface area contributed by atoms with Crippen LogP contribution in [0.15, 0.2) is 77.6 Å². The number of nitrogens with zero attached hydrogens (tertiary/aromatic N) is 3. The Kier molecular flexibility index (Phi) is 5.29. The molecule has 0 unspecified atom stereocenters. The van der Waals surface area contributed by atoms with E-state index in [4.69, 9.17) is 4.74 Å². The number of hydrogen-bond donors (Lipinski definition) is 0. The number of thiazole rings is 1. The molecule has 158 valence electrons. The van der Waals surface area contributed by atoms with E-state index in [0.29, 0.717) is 21.9 Å².